The molecular weight excluding hydrogens is 397 g/mol. The van der Waals surface area contributed by atoms with E-state index in [9.17, 15) is 9.18 Å². The van der Waals surface area contributed by atoms with Gasteiger partial charge in [-0.2, -0.15) is 0 Å². The molecule has 1 aromatic heterocycles. The van der Waals surface area contributed by atoms with Crippen molar-refractivity contribution in [2.24, 2.45) is 0 Å². The van der Waals surface area contributed by atoms with Gasteiger partial charge in [-0.05, 0) is 32.2 Å². The summed E-state index contributed by atoms with van der Waals surface area (Å²) >= 11 is 0. The molecule has 2 saturated heterocycles. The van der Waals surface area contributed by atoms with Gasteiger partial charge in [0.1, 0.15) is 5.82 Å². The van der Waals surface area contributed by atoms with Crippen LogP contribution in [-0.4, -0.2) is 74.8 Å². The molecule has 2 aromatic rings. The number of ether oxygens (including phenoxy) is 1. The fraction of sp³-hybridized carbons (Fsp3) is 0.478. The van der Waals surface area contributed by atoms with E-state index in [0.717, 1.165) is 37.6 Å². The van der Waals surface area contributed by atoms with Gasteiger partial charge in [0.15, 0.2) is 0 Å². The standard InChI is InChI=1S/C23H30FN5O2/c1-3-31-22-8-7-17(16-26-22)29-10-9-25-20(23(29)30)15-18-19(24)5-4-6-21(18)28-13-11-27(2)12-14-28/h4-8,16,20,25H,3,9-15H2,1-2H3. The van der Waals surface area contributed by atoms with Crippen LogP contribution in [0.1, 0.15) is 12.5 Å². The maximum atomic E-state index is 14.9. The van der Waals surface area contributed by atoms with Gasteiger partial charge in [0.25, 0.3) is 0 Å². The second-order valence-electron chi connectivity index (χ2n) is 8.02. The predicted octanol–water partition coefficient (Wildman–Crippen LogP) is 1.92. The molecule has 0 radical (unpaired) electrons. The highest BCUT2D eigenvalue weighted by atomic mass is 19.1. The Morgan fingerprint density at radius 1 is 1.16 bits per heavy atom. The molecule has 2 fully saturated rings. The average Bonchev–Trinajstić information content (AvgIpc) is 2.78. The molecule has 7 nitrogen and oxygen atoms in total. The van der Waals surface area contributed by atoms with Crippen LogP contribution in [0, 0.1) is 5.82 Å². The fourth-order valence-electron chi connectivity index (χ4n) is 4.21. The van der Waals surface area contributed by atoms with Crippen molar-refractivity contribution in [2.75, 3.05) is 62.7 Å². The van der Waals surface area contributed by atoms with Crippen LogP contribution >= 0.6 is 0 Å². The van der Waals surface area contributed by atoms with Crippen LogP contribution in [0.5, 0.6) is 5.88 Å². The van der Waals surface area contributed by atoms with Gasteiger partial charge in [-0.25, -0.2) is 9.37 Å². The van der Waals surface area contributed by atoms with Crippen LogP contribution in [0.4, 0.5) is 15.8 Å². The largest absolute Gasteiger partial charge is 0.478 e. The van der Waals surface area contributed by atoms with Crippen molar-refractivity contribution in [1.29, 1.82) is 0 Å². The van der Waals surface area contributed by atoms with Crippen LogP contribution in [0.3, 0.4) is 0 Å². The Balaban J connectivity index is 1.52. The first kappa shape index (κ1) is 21.5. The van der Waals surface area contributed by atoms with Crippen LogP contribution in [0.15, 0.2) is 36.5 Å². The summed E-state index contributed by atoms with van der Waals surface area (Å²) in [6.45, 7) is 7.21. The number of aromatic nitrogens is 1. The number of benzene rings is 1. The molecule has 31 heavy (non-hydrogen) atoms. The number of anilines is 2. The number of carbonyl (C=O) groups is 1. The first-order valence-corrected chi connectivity index (χ1v) is 10.9. The Morgan fingerprint density at radius 2 is 1.97 bits per heavy atom. The topological polar surface area (TPSA) is 60.9 Å². The number of carbonyl (C=O) groups excluding carboxylic acids is 1. The Labute approximate surface area is 182 Å². The minimum Gasteiger partial charge on any atom is -0.478 e. The van der Waals surface area contributed by atoms with Crippen molar-refractivity contribution < 1.29 is 13.9 Å². The molecule has 0 saturated carbocycles. The molecular formula is C23H30FN5O2. The number of likely N-dealkylation sites (N-methyl/N-ethyl adjacent to an activating group) is 1. The lowest BCUT2D eigenvalue weighted by molar-refractivity contribution is -0.121. The van der Waals surface area contributed by atoms with E-state index in [2.05, 4.69) is 27.1 Å². The SMILES string of the molecule is CCOc1ccc(N2CCNC(Cc3c(F)cccc3N3CCN(C)CC3)C2=O)cn1. The highest BCUT2D eigenvalue weighted by Crippen LogP contribution is 2.27. The summed E-state index contributed by atoms with van der Waals surface area (Å²) in [5.41, 5.74) is 2.22. The molecule has 1 aromatic carbocycles. The molecule has 2 aliphatic heterocycles. The van der Waals surface area contributed by atoms with E-state index >= 15 is 0 Å². The summed E-state index contributed by atoms with van der Waals surface area (Å²) in [6, 6.07) is 8.33. The van der Waals surface area contributed by atoms with Gasteiger partial charge in [0, 0.05) is 63.0 Å². The minimum atomic E-state index is -0.483. The Morgan fingerprint density at radius 3 is 2.68 bits per heavy atom. The number of pyridine rings is 1. The third kappa shape index (κ3) is 4.80. The minimum absolute atomic E-state index is 0.0650. The van der Waals surface area contributed by atoms with Crippen LogP contribution < -0.4 is 19.9 Å². The van der Waals surface area contributed by atoms with Crippen molar-refractivity contribution >= 4 is 17.3 Å². The van der Waals surface area contributed by atoms with Gasteiger partial charge in [-0.15, -0.1) is 0 Å². The summed E-state index contributed by atoms with van der Waals surface area (Å²) in [5.74, 6) is 0.212. The van der Waals surface area contributed by atoms with E-state index in [4.69, 9.17) is 4.74 Å². The zero-order valence-electron chi connectivity index (χ0n) is 18.2. The van der Waals surface area contributed by atoms with E-state index in [1.807, 2.05) is 19.1 Å². The second kappa shape index (κ2) is 9.62. The van der Waals surface area contributed by atoms with Crippen LogP contribution in [-0.2, 0) is 11.2 Å². The van der Waals surface area contributed by atoms with E-state index in [-0.39, 0.29) is 11.7 Å². The van der Waals surface area contributed by atoms with Crippen LogP contribution in [0.25, 0.3) is 0 Å². The number of hydrogen-bond acceptors (Lipinski definition) is 6. The van der Waals surface area contributed by atoms with Crippen molar-refractivity contribution in [2.45, 2.75) is 19.4 Å². The third-order valence-electron chi connectivity index (χ3n) is 5.96. The number of amides is 1. The second-order valence-corrected chi connectivity index (χ2v) is 8.02. The van der Waals surface area contributed by atoms with E-state index in [0.29, 0.717) is 37.6 Å². The molecule has 1 N–H and O–H groups in total. The number of halogens is 1. The van der Waals surface area contributed by atoms with E-state index < -0.39 is 6.04 Å². The molecule has 166 valence electrons. The van der Waals surface area contributed by atoms with Gasteiger partial charge in [0.2, 0.25) is 11.8 Å². The summed E-state index contributed by atoms with van der Waals surface area (Å²) in [4.78, 5) is 23.7. The maximum Gasteiger partial charge on any atom is 0.244 e. The maximum absolute atomic E-state index is 14.9. The van der Waals surface area contributed by atoms with Crippen molar-refractivity contribution in [1.82, 2.24) is 15.2 Å². The number of nitrogens with one attached hydrogen (secondary N) is 1. The zero-order valence-corrected chi connectivity index (χ0v) is 18.2. The third-order valence-corrected chi connectivity index (χ3v) is 5.96. The van der Waals surface area contributed by atoms with Gasteiger partial charge >= 0.3 is 0 Å². The van der Waals surface area contributed by atoms with Gasteiger partial charge in [-0.1, -0.05) is 6.07 Å². The highest BCUT2D eigenvalue weighted by Gasteiger charge is 2.31. The quantitative estimate of drug-likeness (QED) is 0.760. The lowest BCUT2D eigenvalue weighted by Gasteiger charge is -2.37. The molecule has 1 atom stereocenters. The molecule has 0 spiro atoms. The summed E-state index contributed by atoms with van der Waals surface area (Å²) < 4.78 is 20.3. The highest BCUT2D eigenvalue weighted by molar-refractivity contribution is 5.98. The van der Waals surface area contributed by atoms with Crippen LogP contribution in [0.2, 0.25) is 0 Å². The Bertz CT molecular complexity index is 899. The average molecular weight is 428 g/mol. The molecule has 1 amide bonds. The molecule has 0 aliphatic carbocycles. The monoisotopic (exact) mass is 427 g/mol. The van der Waals surface area contributed by atoms with Crippen molar-refractivity contribution in [3.63, 3.8) is 0 Å². The van der Waals surface area contributed by atoms with Gasteiger partial charge in [0.05, 0.1) is 24.5 Å². The zero-order chi connectivity index (χ0) is 21.8. The van der Waals surface area contributed by atoms with E-state index in [1.165, 1.54) is 6.07 Å². The number of nitrogens with zero attached hydrogens (tertiary/aromatic N) is 4. The molecule has 0 bridgehead atoms. The number of hydrogen-bond donors (Lipinski definition) is 1. The lowest BCUT2D eigenvalue weighted by Crippen LogP contribution is -2.56. The van der Waals surface area contributed by atoms with Gasteiger partial charge < -0.3 is 24.8 Å². The molecule has 4 rings (SSSR count). The first-order chi connectivity index (χ1) is 15.1. The lowest BCUT2D eigenvalue weighted by atomic mass is 9.99. The summed E-state index contributed by atoms with van der Waals surface area (Å²) in [5, 5.41) is 3.28. The molecule has 2 aliphatic rings. The smallest absolute Gasteiger partial charge is 0.244 e. The number of piperazine rings is 2. The van der Waals surface area contributed by atoms with Crippen molar-refractivity contribution in [3.05, 3.63) is 47.9 Å². The predicted molar refractivity (Wildman–Crippen MR) is 119 cm³/mol. The molecule has 1 unspecified atom stereocenters. The summed E-state index contributed by atoms with van der Waals surface area (Å²) in [7, 11) is 2.10. The first-order valence-electron chi connectivity index (χ1n) is 10.9. The number of rotatable bonds is 6. The Hall–Kier alpha value is -2.71. The summed E-state index contributed by atoms with van der Waals surface area (Å²) in [6.07, 6.45) is 1.97. The fourth-order valence-corrected chi connectivity index (χ4v) is 4.21. The molecule has 3 heterocycles. The van der Waals surface area contributed by atoms with E-state index in [1.54, 1.807) is 23.2 Å². The van der Waals surface area contributed by atoms with Gasteiger partial charge in [-0.3, -0.25) is 4.79 Å². The Kier molecular flexibility index (Phi) is 6.67. The molecule has 8 heteroatoms. The van der Waals surface area contributed by atoms with Crippen molar-refractivity contribution in [3.8, 4) is 5.88 Å². The normalized spacial score (nSPS) is 20.2.